The molecule has 3 aromatic rings. The molecule has 176 valence electrons. The lowest BCUT2D eigenvalue weighted by Crippen LogP contribution is -2.43. The normalized spacial score (nSPS) is 13.7. The highest BCUT2D eigenvalue weighted by atomic mass is 19.4. The van der Waals surface area contributed by atoms with Crippen LogP contribution in [0.5, 0.6) is 5.75 Å². The number of carbonyl (C=O) groups is 1. The van der Waals surface area contributed by atoms with E-state index in [-0.39, 0.29) is 35.3 Å². The first kappa shape index (κ1) is 24.2. The first-order valence-corrected chi connectivity index (χ1v) is 10.2. The Morgan fingerprint density at radius 1 is 1.18 bits per heavy atom. The number of primary amides is 1. The Hall–Kier alpha value is -3.47. The zero-order valence-electron chi connectivity index (χ0n) is 18.4. The number of rotatable bonds is 8. The minimum atomic E-state index is -4.64. The molecule has 1 atom stereocenters. The minimum absolute atomic E-state index is 0.00869. The molecule has 0 bridgehead atoms. The first-order valence-electron chi connectivity index (χ1n) is 10.2. The number of hydrogen-bond acceptors (Lipinski definition) is 6. The van der Waals surface area contributed by atoms with E-state index in [1.54, 1.807) is 13.0 Å². The van der Waals surface area contributed by atoms with Crippen LogP contribution in [0.4, 0.5) is 13.2 Å². The highest BCUT2D eigenvalue weighted by molar-refractivity contribution is 5.91. The topological polar surface area (TPSA) is 122 Å². The van der Waals surface area contributed by atoms with E-state index >= 15 is 0 Å². The molecule has 33 heavy (non-hydrogen) atoms. The van der Waals surface area contributed by atoms with Crippen molar-refractivity contribution in [2.45, 2.75) is 38.9 Å². The molecule has 3 rings (SSSR count). The number of halogens is 3. The quantitative estimate of drug-likeness (QED) is 0.528. The van der Waals surface area contributed by atoms with E-state index in [2.05, 4.69) is 15.3 Å². The Balaban J connectivity index is 1.95. The molecule has 0 aliphatic rings. The van der Waals surface area contributed by atoms with Crippen molar-refractivity contribution >= 4 is 5.91 Å². The van der Waals surface area contributed by atoms with Crippen molar-refractivity contribution in [3.63, 3.8) is 0 Å². The Morgan fingerprint density at radius 2 is 1.88 bits per heavy atom. The smallest absolute Gasteiger partial charge is 0.419 e. The fourth-order valence-corrected chi connectivity index (χ4v) is 3.58. The molecule has 0 saturated carbocycles. The van der Waals surface area contributed by atoms with Gasteiger partial charge in [0, 0.05) is 11.7 Å². The van der Waals surface area contributed by atoms with E-state index < -0.39 is 23.2 Å². The van der Waals surface area contributed by atoms with Crippen molar-refractivity contribution in [1.82, 2.24) is 20.0 Å². The van der Waals surface area contributed by atoms with E-state index in [0.29, 0.717) is 12.0 Å². The molecular formula is C22H25F3N6O2. The maximum absolute atomic E-state index is 13.8. The predicted molar refractivity (Wildman–Crippen MR) is 116 cm³/mol. The average Bonchev–Trinajstić information content (AvgIpc) is 3.21. The van der Waals surface area contributed by atoms with Crippen molar-refractivity contribution in [2.24, 2.45) is 17.4 Å². The average molecular weight is 462 g/mol. The largest absolute Gasteiger partial charge is 0.491 e. The molecule has 4 N–H and O–H groups in total. The lowest BCUT2D eigenvalue weighted by Gasteiger charge is -2.27. The predicted octanol–water partition coefficient (Wildman–Crippen LogP) is 3.59. The molecule has 1 amide bonds. The van der Waals surface area contributed by atoms with Crippen LogP contribution in [-0.2, 0) is 6.18 Å². The summed E-state index contributed by atoms with van der Waals surface area (Å²) in [4.78, 5) is 15.7. The number of ether oxygens (including phenoxy) is 1. The third kappa shape index (κ3) is 5.86. The number of pyridine rings is 1. The number of benzene rings is 1. The van der Waals surface area contributed by atoms with Gasteiger partial charge in [0.15, 0.2) is 11.5 Å². The van der Waals surface area contributed by atoms with Crippen LogP contribution in [0.15, 0.2) is 42.7 Å². The third-order valence-corrected chi connectivity index (χ3v) is 4.81. The van der Waals surface area contributed by atoms with Gasteiger partial charge < -0.3 is 16.2 Å². The number of nitrogens with two attached hydrogens (primary N) is 2. The molecule has 0 radical (unpaired) electrons. The zero-order valence-corrected chi connectivity index (χ0v) is 18.4. The van der Waals surface area contributed by atoms with E-state index in [0.717, 1.165) is 10.7 Å². The van der Waals surface area contributed by atoms with Gasteiger partial charge in [-0.2, -0.15) is 17.9 Å². The molecule has 1 aromatic carbocycles. The zero-order chi connectivity index (χ0) is 24.4. The number of alkyl halides is 3. The van der Waals surface area contributed by atoms with Gasteiger partial charge in [-0.15, -0.1) is 5.10 Å². The van der Waals surface area contributed by atoms with Crippen molar-refractivity contribution in [2.75, 3.05) is 6.61 Å². The summed E-state index contributed by atoms with van der Waals surface area (Å²) in [5, 5.41) is 7.41. The van der Waals surface area contributed by atoms with Crippen LogP contribution in [0.1, 0.15) is 43.2 Å². The summed E-state index contributed by atoms with van der Waals surface area (Å²) in [6.07, 6.45) is -1.48. The fraction of sp³-hybridized carbons (Fsp3) is 0.364. The van der Waals surface area contributed by atoms with E-state index in [1.807, 2.05) is 13.8 Å². The Morgan fingerprint density at radius 3 is 2.52 bits per heavy atom. The van der Waals surface area contributed by atoms with E-state index in [9.17, 15) is 18.0 Å². The molecule has 0 saturated heterocycles. The second-order valence-electron chi connectivity index (χ2n) is 8.55. The minimum Gasteiger partial charge on any atom is -0.491 e. The molecule has 8 nitrogen and oxygen atoms in total. The maximum atomic E-state index is 13.8. The van der Waals surface area contributed by atoms with Crippen molar-refractivity contribution < 1.29 is 22.7 Å². The third-order valence-electron chi connectivity index (χ3n) is 4.81. The van der Waals surface area contributed by atoms with Crippen molar-refractivity contribution in [3.8, 4) is 22.7 Å². The van der Waals surface area contributed by atoms with E-state index in [4.69, 9.17) is 16.2 Å². The van der Waals surface area contributed by atoms with Gasteiger partial charge in [-0.3, -0.25) is 4.79 Å². The van der Waals surface area contributed by atoms with Crippen LogP contribution in [0, 0.1) is 5.92 Å². The van der Waals surface area contributed by atoms with Gasteiger partial charge >= 0.3 is 6.18 Å². The molecule has 0 aliphatic carbocycles. The maximum Gasteiger partial charge on any atom is 0.419 e. The van der Waals surface area contributed by atoms with Crippen molar-refractivity contribution in [3.05, 3.63) is 54.0 Å². The summed E-state index contributed by atoms with van der Waals surface area (Å²) in [7, 11) is 0. The molecule has 0 spiro atoms. The molecule has 0 fully saturated rings. The van der Waals surface area contributed by atoms with Gasteiger partial charge in [0.05, 0.1) is 11.8 Å². The van der Waals surface area contributed by atoms with Gasteiger partial charge in [-0.1, -0.05) is 25.1 Å². The molecule has 2 aromatic heterocycles. The molecule has 2 heterocycles. The summed E-state index contributed by atoms with van der Waals surface area (Å²) >= 11 is 0. The first-order chi connectivity index (χ1) is 15.4. The summed E-state index contributed by atoms with van der Waals surface area (Å²) in [6.45, 7) is 5.65. The SMILES string of the molecule is CC(C)C[C@](C)(N)COc1ccc(-c2ccnc(-n3nncc3C(N)=O)c2)cc1C(F)(F)F. The number of amides is 1. The van der Waals surface area contributed by atoms with Gasteiger partial charge in [0.25, 0.3) is 5.91 Å². The van der Waals surface area contributed by atoms with Crippen LogP contribution in [0.25, 0.3) is 16.9 Å². The summed E-state index contributed by atoms with van der Waals surface area (Å²) in [5.74, 6) is -0.611. The Bertz CT molecular complexity index is 1140. The second kappa shape index (κ2) is 9.18. The molecule has 0 unspecified atom stereocenters. The summed E-state index contributed by atoms with van der Waals surface area (Å²) < 4.78 is 48.1. The molecule has 11 heteroatoms. The van der Waals surface area contributed by atoms with Crippen LogP contribution in [0.2, 0.25) is 0 Å². The standard InChI is InChI=1S/C22H25F3N6O2/c1-13(2)10-21(3,27)12-33-18-5-4-14(8-16(18)22(23,24)25)15-6-7-28-19(9-15)31-17(20(26)32)11-29-30-31/h4-9,11,13H,10,12,27H2,1-3H3,(H2,26,32)/t21-/m0/s1. The van der Waals surface area contributed by atoms with Crippen LogP contribution >= 0.6 is 0 Å². The van der Waals surface area contributed by atoms with Gasteiger partial charge in [-0.05, 0) is 54.7 Å². The Kier molecular flexibility index (Phi) is 6.73. The Labute approximate surface area is 188 Å². The van der Waals surface area contributed by atoms with Gasteiger partial charge in [0.1, 0.15) is 12.4 Å². The molecule has 0 aliphatic heterocycles. The highest BCUT2D eigenvalue weighted by Crippen LogP contribution is 2.39. The highest BCUT2D eigenvalue weighted by Gasteiger charge is 2.35. The summed E-state index contributed by atoms with van der Waals surface area (Å²) in [5.41, 5.74) is 10.5. The lowest BCUT2D eigenvalue weighted by molar-refractivity contribution is -0.139. The second-order valence-corrected chi connectivity index (χ2v) is 8.55. The number of nitrogens with zero attached hydrogens (tertiary/aromatic N) is 4. The van der Waals surface area contributed by atoms with Crippen LogP contribution in [0.3, 0.4) is 0 Å². The summed E-state index contributed by atoms with van der Waals surface area (Å²) in [6, 6.07) is 6.81. The van der Waals surface area contributed by atoms with Crippen LogP contribution < -0.4 is 16.2 Å². The van der Waals surface area contributed by atoms with Crippen molar-refractivity contribution in [1.29, 1.82) is 0 Å². The number of carbonyl (C=O) groups excluding carboxylic acids is 1. The lowest BCUT2D eigenvalue weighted by atomic mass is 9.93. The van der Waals surface area contributed by atoms with Crippen LogP contribution in [-0.4, -0.2) is 38.0 Å². The fourth-order valence-electron chi connectivity index (χ4n) is 3.58. The molecular weight excluding hydrogens is 437 g/mol. The monoisotopic (exact) mass is 462 g/mol. The number of aromatic nitrogens is 4. The number of hydrogen-bond donors (Lipinski definition) is 2. The van der Waals surface area contributed by atoms with Gasteiger partial charge in [-0.25, -0.2) is 4.98 Å². The van der Waals surface area contributed by atoms with E-state index in [1.165, 1.54) is 30.6 Å². The van der Waals surface area contributed by atoms with Gasteiger partial charge in [0.2, 0.25) is 0 Å².